The number of benzene rings is 1. The van der Waals surface area contributed by atoms with Gasteiger partial charge < -0.3 is 19.8 Å². The van der Waals surface area contributed by atoms with Gasteiger partial charge in [0.05, 0.1) is 13.2 Å². The van der Waals surface area contributed by atoms with Crippen molar-refractivity contribution in [2.24, 2.45) is 5.73 Å². The van der Waals surface area contributed by atoms with Gasteiger partial charge in [-0.1, -0.05) is 18.2 Å². The van der Waals surface area contributed by atoms with Crippen molar-refractivity contribution in [1.29, 1.82) is 0 Å². The Morgan fingerprint density at radius 1 is 1.00 bits per heavy atom. The molecule has 0 amide bonds. The van der Waals surface area contributed by atoms with Crippen LogP contribution in [0.1, 0.15) is 6.42 Å². The summed E-state index contributed by atoms with van der Waals surface area (Å²) < 4.78 is 12.6. The molecule has 2 rings (SSSR count). The zero-order chi connectivity index (χ0) is 14.9. The summed E-state index contributed by atoms with van der Waals surface area (Å²) in [6, 6.07) is 13.1. The highest BCUT2D eigenvalue weighted by Crippen LogP contribution is 2.08. The first kappa shape index (κ1) is 15.1. The molecular formula is C16H20N2O3. The lowest BCUT2D eigenvalue weighted by atomic mass is 10.3. The van der Waals surface area contributed by atoms with E-state index in [1.807, 2.05) is 30.3 Å². The monoisotopic (exact) mass is 288 g/mol. The van der Waals surface area contributed by atoms with Gasteiger partial charge in [0.15, 0.2) is 5.75 Å². The molecule has 0 aliphatic heterocycles. The summed E-state index contributed by atoms with van der Waals surface area (Å²) in [6.45, 7) is 1.91. The Balaban J connectivity index is 1.76. The van der Waals surface area contributed by atoms with Crippen molar-refractivity contribution < 1.29 is 9.47 Å². The van der Waals surface area contributed by atoms with E-state index < -0.39 is 0 Å². The number of ether oxygens (including phenoxy) is 2. The molecule has 0 fully saturated rings. The lowest BCUT2D eigenvalue weighted by Crippen LogP contribution is -2.24. The van der Waals surface area contributed by atoms with Gasteiger partial charge in [-0.15, -0.1) is 0 Å². The molecule has 21 heavy (non-hydrogen) atoms. The molecule has 0 unspecified atom stereocenters. The van der Waals surface area contributed by atoms with E-state index in [2.05, 4.69) is 0 Å². The van der Waals surface area contributed by atoms with Crippen LogP contribution >= 0.6 is 0 Å². The highest BCUT2D eigenvalue weighted by Gasteiger charge is 2.03. The summed E-state index contributed by atoms with van der Waals surface area (Å²) in [4.78, 5) is 12.0. The van der Waals surface area contributed by atoms with Gasteiger partial charge in [-0.05, 0) is 24.3 Å². The fourth-order valence-electron chi connectivity index (χ4n) is 1.89. The minimum Gasteiger partial charge on any atom is -0.493 e. The molecule has 0 saturated carbocycles. The first-order valence-corrected chi connectivity index (χ1v) is 7.01. The van der Waals surface area contributed by atoms with Gasteiger partial charge in [0.2, 0.25) is 0 Å². The summed E-state index contributed by atoms with van der Waals surface area (Å²) in [5, 5.41) is 0. The fraction of sp³-hybridized carbons (Fsp3) is 0.312. The number of para-hydroxylation sites is 1. The van der Waals surface area contributed by atoms with Gasteiger partial charge in [-0.3, -0.25) is 4.79 Å². The maximum absolute atomic E-state index is 12.0. The second-order valence-corrected chi connectivity index (χ2v) is 4.52. The average Bonchev–Trinajstić information content (AvgIpc) is 2.51. The molecule has 0 aliphatic carbocycles. The summed E-state index contributed by atoms with van der Waals surface area (Å²) in [5.41, 5.74) is 5.31. The topological polar surface area (TPSA) is 66.5 Å². The molecule has 0 atom stereocenters. The molecule has 2 aromatic rings. The Morgan fingerprint density at radius 2 is 1.76 bits per heavy atom. The Hall–Kier alpha value is -2.27. The summed E-state index contributed by atoms with van der Waals surface area (Å²) >= 11 is 0. The smallest absolute Gasteiger partial charge is 0.292 e. The van der Waals surface area contributed by atoms with Gasteiger partial charge in [-0.2, -0.15) is 0 Å². The van der Waals surface area contributed by atoms with E-state index in [9.17, 15) is 4.79 Å². The van der Waals surface area contributed by atoms with E-state index in [1.165, 1.54) is 0 Å². The second kappa shape index (κ2) is 8.11. The Morgan fingerprint density at radius 3 is 2.52 bits per heavy atom. The van der Waals surface area contributed by atoms with E-state index >= 15 is 0 Å². The Bertz CT molecular complexity index is 596. The summed E-state index contributed by atoms with van der Waals surface area (Å²) in [7, 11) is 0. The van der Waals surface area contributed by atoms with Crippen LogP contribution in [-0.2, 0) is 6.54 Å². The molecular weight excluding hydrogens is 268 g/mol. The molecule has 0 aliphatic rings. The molecule has 0 spiro atoms. The van der Waals surface area contributed by atoms with Gasteiger partial charge in [-0.25, -0.2) is 0 Å². The van der Waals surface area contributed by atoms with Crippen molar-refractivity contribution in [3.8, 4) is 11.5 Å². The number of hydrogen-bond donors (Lipinski definition) is 1. The van der Waals surface area contributed by atoms with Crippen molar-refractivity contribution >= 4 is 0 Å². The molecule has 2 N–H and O–H groups in total. The molecule has 1 aromatic carbocycles. The predicted octanol–water partition coefficient (Wildman–Crippen LogP) is 1.65. The lowest BCUT2D eigenvalue weighted by Gasteiger charge is -2.09. The Kier molecular flexibility index (Phi) is 5.84. The number of rotatable bonds is 8. The average molecular weight is 288 g/mol. The van der Waals surface area contributed by atoms with Crippen LogP contribution < -0.4 is 20.8 Å². The van der Waals surface area contributed by atoms with E-state index in [0.29, 0.717) is 38.5 Å². The number of nitrogens with zero attached hydrogens (tertiary/aromatic N) is 1. The minimum absolute atomic E-state index is 0.146. The van der Waals surface area contributed by atoms with Crippen molar-refractivity contribution in [3.05, 3.63) is 59.0 Å². The zero-order valence-corrected chi connectivity index (χ0v) is 11.9. The Labute approximate surface area is 123 Å². The van der Waals surface area contributed by atoms with Crippen LogP contribution in [-0.4, -0.2) is 24.3 Å². The molecule has 0 radical (unpaired) electrons. The molecule has 5 nitrogen and oxygen atoms in total. The number of hydrogen-bond acceptors (Lipinski definition) is 4. The van der Waals surface area contributed by atoms with Crippen LogP contribution in [0.5, 0.6) is 11.5 Å². The molecule has 5 heteroatoms. The van der Waals surface area contributed by atoms with Crippen LogP contribution in [0.2, 0.25) is 0 Å². The number of aromatic nitrogens is 1. The molecule has 112 valence electrons. The zero-order valence-electron chi connectivity index (χ0n) is 11.9. The predicted molar refractivity (Wildman–Crippen MR) is 81.8 cm³/mol. The third-order valence-electron chi connectivity index (χ3n) is 2.91. The second-order valence-electron chi connectivity index (χ2n) is 4.52. The van der Waals surface area contributed by atoms with E-state index in [-0.39, 0.29) is 5.56 Å². The van der Waals surface area contributed by atoms with Gasteiger partial charge >= 0.3 is 0 Å². The van der Waals surface area contributed by atoms with Crippen LogP contribution in [0, 0.1) is 0 Å². The van der Waals surface area contributed by atoms with E-state index in [0.717, 1.165) is 5.75 Å². The highest BCUT2D eigenvalue weighted by atomic mass is 16.5. The highest BCUT2D eigenvalue weighted by molar-refractivity contribution is 5.20. The van der Waals surface area contributed by atoms with Gasteiger partial charge in [0.25, 0.3) is 5.56 Å². The fourth-order valence-corrected chi connectivity index (χ4v) is 1.89. The third kappa shape index (κ3) is 4.65. The quantitative estimate of drug-likeness (QED) is 0.750. The normalized spacial score (nSPS) is 10.3. The molecule has 0 saturated heterocycles. The van der Waals surface area contributed by atoms with Gasteiger partial charge in [0.1, 0.15) is 5.75 Å². The van der Waals surface area contributed by atoms with Crippen LogP contribution in [0.15, 0.2) is 53.5 Å². The van der Waals surface area contributed by atoms with Crippen molar-refractivity contribution in [2.75, 3.05) is 19.8 Å². The first-order chi connectivity index (χ1) is 10.3. The van der Waals surface area contributed by atoms with E-state index in [4.69, 9.17) is 15.2 Å². The summed E-state index contributed by atoms with van der Waals surface area (Å²) in [6.07, 6.45) is 2.42. The van der Waals surface area contributed by atoms with Gasteiger partial charge in [0, 0.05) is 25.7 Å². The van der Waals surface area contributed by atoms with Crippen LogP contribution in [0.3, 0.4) is 0 Å². The van der Waals surface area contributed by atoms with Crippen molar-refractivity contribution in [2.45, 2.75) is 13.0 Å². The minimum atomic E-state index is -0.146. The SMILES string of the molecule is NCCn1cccc(OCCCOc2ccccc2)c1=O. The molecule has 0 bridgehead atoms. The maximum atomic E-state index is 12.0. The molecule has 1 heterocycles. The summed E-state index contributed by atoms with van der Waals surface area (Å²) in [5.74, 6) is 1.19. The first-order valence-electron chi connectivity index (χ1n) is 7.01. The lowest BCUT2D eigenvalue weighted by molar-refractivity contribution is 0.244. The standard InChI is InChI=1S/C16H20N2O3/c17-9-11-18-10-4-8-15(16(18)19)21-13-5-12-20-14-6-2-1-3-7-14/h1-4,6-8,10H,5,9,11-13,17H2. The third-order valence-corrected chi connectivity index (χ3v) is 2.91. The number of pyridine rings is 1. The van der Waals surface area contributed by atoms with Crippen LogP contribution in [0.4, 0.5) is 0 Å². The van der Waals surface area contributed by atoms with Crippen molar-refractivity contribution in [1.82, 2.24) is 4.57 Å². The maximum Gasteiger partial charge on any atom is 0.292 e. The molecule has 1 aromatic heterocycles. The largest absolute Gasteiger partial charge is 0.493 e. The van der Waals surface area contributed by atoms with E-state index in [1.54, 1.807) is 22.9 Å². The van der Waals surface area contributed by atoms with Crippen LogP contribution in [0.25, 0.3) is 0 Å². The number of nitrogens with two attached hydrogens (primary N) is 1. The van der Waals surface area contributed by atoms with Crippen molar-refractivity contribution in [3.63, 3.8) is 0 Å².